The number of halogens is 3. The minimum Gasteiger partial charge on any atom is -0.366 e. The molecule has 10 heteroatoms. The summed E-state index contributed by atoms with van der Waals surface area (Å²) in [7, 11) is 0. The largest absolute Gasteiger partial charge is 0.451 e. The van der Waals surface area contributed by atoms with Crippen molar-refractivity contribution in [3.8, 4) is 22.5 Å². The predicted octanol–water partition coefficient (Wildman–Crippen LogP) is 5.22. The molecule has 0 spiro atoms. The van der Waals surface area contributed by atoms with Gasteiger partial charge in [-0.1, -0.05) is 61.9 Å². The van der Waals surface area contributed by atoms with Gasteiger partial charge in [0.2, 0.25) is 11.6 Å². The Balaban J connectivity index is 1.56. The first-order valence-electron chi connectivity index (χ1n) is 10.5. The second kappa shape index (κ2) is 9.35. The number of anilines is 1. The number of aromatic amines is 1. The zero-order valence-electron chi connectivity index (χ0n) is 18.1. The maximum absolute atomic E-state index is 13.2. The molecular weight excluding hydrogens is 431 g/mol. The Morgan fingerprint density at radius 1 is 0.970 bits per heavy atom. The number of alkyl halides is 3. The van der Waals surface area contributed by atoms with Gasteiger partial charge in [0.15, 0.2) is 0 Å². The fourth-order valence-electron chi connectivity index (χ4n) is 3.61. The van der Waals surface area contributed by atoms with Crippen molar-refractivity contribution in [2.75, 3.05) is 5.32 Å². The van der Waals surface area contributed by atoms with Gasteiger partial charge in [-0.05, 0) is 35.2 Å². The van der Waals surface area contributed by atoms with E-state index in [1.807, 2.05) is 55.5 Å². The highest BCUT2D eigenvalue weighted by atomic mass is 19.4. The van der Waals surface area contributed by atoms with Crippen molar-refractivity contribution in [1.82, 2.24) is 30.6 Å². The Morgan fingerprint density at radius 3 is 2.33 bits per heavy atom. The van der Waals surface area contributed by atoms with Crippen LogP contribution >= 0.6 is 0 Å². The molecule has 2 aromatic heterocycles. The molecule has 33 heavy (non-hydrogen) atoms. The molecule has 2 aromatic carbocycles. The van der Waals surface area contributed by atoms with Crippen molar-refractivity contribution in [3.63, 3.8) is 0 Å². The Labute approximate surface area is 188 Å². The quantitative estimate of drug-likeness (QED) is 0.399. The van der Waals surface area contributed by atoms with Crippen LogP contribution < -0.4 is 5.32 Å². The first-order chi connectivity index (χ1) is 15.9. The average Bonchev–Trinajstić information content (AvgIpc) is 3.34. The lowest BCUT2D eigenvalue weighted by Crippen LogP contribution is -2.16. The van der Waals surface area contributed by atoms with Gasteiger partial charge in [-0.3, -0.25) is 0 Å². The molecule has 2 heterocycles. The van der Waals surface area contributed by atoms with Crippen LogP contribution in [0.3, 0.4) is 0 Å². The summed E-state index contributed by atoms with van der Waals surface area (Å²) >= 11 is 0. The van der Waals surface area contributed by atoms with E-state index in [9.17, 15) is 13.2 Å². The van der Waals surface area contributed by atoms with E-state index >= 15 is 0 Å². The molecule has 170 valence electrons. The number of tetrazole rings is 1. The molecule has 0 radical (unpaired) electrons. The number of aromatic nitrogens is 6. The summed E-state index contributed by atoms with van der Waals surface area (Å²) in [6, 6.07) is 15.5. The summed E-state index contributed by atoms with van der Waals surface area (Å²) < 4.78 is 39.6. The standard InChI is InChI=1S/C23H22F3N7/c1-3-6-17-14(2)28-22(23(24,25)26)29-20(17)27-13-15-9-11-16(12-10-15)18-7-4-5-8-19(18)21-30-32-33-31-21/h4-5,7-12H,3,6,13H2,1-2H3,(H,27,28,29)(H,30,31,32,33). The number of H-pyrrole nitrogens is 1. The lowest BCUT2D eigenvalue weighted by atomic mass is 9.98. The van der Waals surface area contributed by atoms with E-state index in [0.29, 0.717) is 30.0 Å². The summed E-state index contributed by atoms with van der Waals surface area (Å²) in [5.74, 6) is -0.404. The van der Waals surface area contributed by atoms with Crippen molar-refractivity contribution in [2.45, 2.75) is 39.4 Å². The van der Waals surface area contributed by atoms with Crippen LogP contribution in [0.4, 0.5) is 19.0 Å². The number of nitrogens with one attached hydrogen (secondary N) is 2. The Bertz CT molecular complexity index is 1220. The van der Waals surface area contributed by atoms with Gasteiger partial charge in [-0.15, -0.1) is 10.2 Å². The SMILES string of the molecule is CCCc1c(C)nc(C(F)(F)F)nc1NCc1ccc(-c2ccccc2-c2nn[nH]n2)cc1. The number of rotatable bonds is 7. The summed E-state index contributed by atoms with van der Waals surface area (Å²) in [5.41, 5.74) is 4.71. The number of hydrogen-bond donors (Lipinski definition) is 2. The Kier molecular flexibility index (Phi) is 6.34. The lowest BCUT2D eigenvalue weighted by Gasteiger charge is -2.16. The van der Waals surface area contributed by atoms with E-state index in [2.05, 4.69) is 35.9 Å². The number of hydrogen-bond acceptors (Lipinski definition) is 6. The van der Waals surface area contributed by atoms with Crippen molar-refractivity contribution < 1.29 is 13.2 Å². The van der Waals surface area contributed by atoms with E-state index in [0.717, 1.165) is 28.7 Å². The van der Waals surface area contributed by atoms with Crippen molar-refractivity contribution in [1.29, 1.82) is 0 Å². The highest BCUT2D eigenvalue weighted by Gasteiger charge is 2.35. The van der Waals surface area contributed by atoms with Gasteiger partial charge in [0.25, 0.3) is 0 Å². The Hall–Kier alpha value is -3.82. The van der Waals surface area contributed by atoms with Crippen LogP contribution in [0.25, 0.3) is 22.5 Å². The number of nitrogens with zero attached hydrogens (tertiary/aromatic N) is 5. The highest BCUT2D eigenvalue weighted by Crippen LogP contribution is 2.31. The second-order valence-corrected chi connectivity index (χ2v) is 7.54. The molecule has 0 saturated carbocycles. The van der Waals surface area contributed by atoms with Crippen LogP contribution in [0.2, 0.25) is 0 Å². The molecule has 0 atom stereocenters. The monoisotopic (exact) mass is 453 g/mol. The van der Waals surface area contributed by atoms with Gasteiger partial charge < -0.3 is 5.32 Å². The molecule has 0 unspecified atom stereocenters. The van der Waals surface area contributed by atoms with Crippen molar-refractivity contribution >= 4 is 5.82 Å². The number of aryl methyl sites for hydroxylation is 1. The van der Waals surface area contributed by atoms with Gasteiger partial charge in [0.1, 0.15) is 5.82 Å². The third-order valence-electron chi connectivity index (χ3n) is 5.21. The van der Waals surface area contributed by atoms with E-state index < -0.39 is 12.0 Å². The predicted molar refractivity (Wildman–Crippen MR) is 118 cm³/mol. The maximum atomic E-state index is 13.2. The normalized spacial score (nSPS) is 11.5. The second-order valence-electron chi connectivity index (χ2n) is 7.54. The fourth-order valence-corrected chi connectivity index (χ4v) is 3.61. The van der Waals surface area contributed by atoms with Crippen molar-refractivity contribution in [3.05, 3.63) is 71.2 Å². The van der Waals surface area contributed by atoms with Crippen LogP contribution in [0.5, 0.6) is 0 Å². The third kappa shape index (κ3) is 5.00. The summed E-state index contributed by atoms with van der Waals surface area (Å²) in [6.07, 6.45) is -3.23. The molecule has 0 aliphatic rings. The van der Waals surface area contributed by atoms with E-state index in [-0.39, 0.29) is 5.82 Å². The topological polar surface area (TPSA) is 92.3 Å². The molecule has 0 aliphatic heterocycles. The number of benzene rings is 2. The average molecular weight is 453 g/mol. The molecule has 0 bridgehead atoms. The van der Waals surface area contributed by atoms with E-state index in [1.54, 1.807) is 6.92 Å². The van der Waals surface area contributed by atoms with Crippen LogP contribution in [0, 0.1) is 6.92 Å². The summed E-state index contributed by atoms with van der Waals surface area (Å²) in [6.45, 7) is 3.88. The van der Waals surface area contributed by atoms with Crippen LogP contribution in [0.15, 0.2) is 48.5 Å². The molecule has 0 amide bonds. The molecule has 7 nitrogen and oxygen atoms in total. The van der Waals surface area contributed by atoms with Gasteiger partial charge in [-0.2, -0.15) is 18.4 Å². The third-order valence-corrected chi connectivity index (χ3v) is 5.21. The highest BCUT2D eigenvalue weighted by molar-refractivity contribution is 5.80. The lowest BCUT2D eigenvalue weighted by molar-refractivity contribution is -0.145. The molecule has 4 rings (SSSR count). The van der Waals surface area contributed by atoms with Crippen LogP contribution in [-0.2, 0) is 19.1 Å². The van der Waals surface area contributed by atoms with Gasteiger partial charge in [0, 0.05) is 23.4 Å². The fraction of sp³-hybridized carbons (Fsp3) is 0.261. The van der Waals surface area contributed by atoms with Crippen LogP contribution in [-0.4, -0.2) is 30.6 Å². The first kappa shape index (κ1) is 22.4. The molecular formula is C23H22F3N7. The minimum absolute atomic E-state index is 0.225. The Morgan fingerprint density at radius 2 is 1.70 bits per heavy atom. The van der Waals surface area contributed by atoms with Crippen LogP contribution in [0.1, 0.15) is 36.0 Å². The van der Waals surface area contributed by atoms with Gasteiger partial charge in [0.05, 0.1) is 0 Å². The zero-order chi connectivity index (χ0) is 23.4. The van der Waals surface area contributed by atoms with Gasteiger partial charge in [-0.25, -0.2) is 9.97 Å². The molecule has 2 N–H and O–H groups in total. The summed E-state index contributed by atoms with van der Waals surface area (Å²) in [5, 5.41) is 17.3. The van der Waals surface area contributed by atoms with E-state index in [1.165, 1.54) is 0 Å². The maximum Gasteiger partial charge on any atom is 0.451 e. The minimum atomic E-state index is -4.60. The molecule has 0 saturated heterocycles. The smallest absolute Gasteiger partial charge is 0.366 e. The van der Waals surface area contributed by atoms with Crippen molar-refractivity contribution in [2.24, 2.45) is 0 Å². The first-order valence-corrected chi connectivity index (χ1v) is 10.5. The molecule has 0 aliphatic carbocycles. The molecule has 0 fully saturated rings. The van der Waals surface area contributed by atoms with E-state index in [4.69, 9.17) is 0 Å². The zero-order valence-corrected chi connectivity index (χ0v) is 18.1. The summed E-state index contributed by atoms with van der Waals surface area (Å²) in [4.78, 5) is 7.43. The van der Waals surface area contributed by atoms with Gasteiger partial charge >= 0.3 is 6.18 Å². The molecule has 4 aromatic rings.